The zero-order chi connectivity index (χ0) is 31.3. The monoisotopic (exact) mass is 633 g/mol. The first-order chi connectivity index (χ1) is 23.8. The third-order valence-corrected chi connectivity index (χ3v) is 10.7. The molecule has 5 heteroatoms. The lowest BCUT2D eigenvalue weighted by Gasteiger charge is -2.09. The number of hydrogen-bond acceptors (Lipinski definition) is 5. The van der Waals surface area contributed by atoms with Crippen molar-refractivity contribution in [2.24, 2.45) is 0 Å². The molecule has 4 nitrogen and oxygen atoms in total. The van der Waals surface area contributed by atoms with Gasteiger partial charge in [-0.2, -0.15) is 0 Å². The molecule has 0 atom stereocenters. The molecule has 224 valence electrons. The van der Waals surface area contributed by atoms with Crippen LogP contribution in [0.4, 0.5) is 0 Å². The second-order valence-electron chi connectivity index (χ2n) is 12.2. The van der Waals surface area contributed by atoms with E-state index in [0.717, 1.165) is 109 Å². The van der Waals surface area contributed by atoms with E-state index in [1.54, 1.807) is 11.3 Å². The molecule has 0 aliphatic rings. The van der Waals surface area contributed by atoms with Crippen molar-refractivity contribution >= 4 is 87.4 Å². The summed E-state index contributed by atoms with van der Waals surface area (Å²) < 4.78 is 20.6. The van der Waals surface area contributed by atoms with Gasteiger partial charge in [0.2, 0.25) is 0 Å². The number of para-hydroxylation sites is 6. The summed E-state index contributed by atoms with van der Waals surface area (Å²) in [7, 11) is 0. The summed E-state index contributed by atoms with van der Waals surface area (Å²) in [5, 5.41) is 7.50. The Balaban J connectivity index is 1.23. The summed E-state index contributed by atoms with van der Waals surface area (Å²) >= 11 is 1.69. The standard InChI is InChI=1S/C43H23NO3S/c1-4-19-35-24(10-1)28-13-7-16-31(39(28)45-35)27-22-23-33(32-17-8-14-29-25-11-2-5-20-36(25)46-40(29)32)42-38(27)44-43(48-42)34-18-9-15-30-26-12-3-6-21-37(26)47-41(30)34/h1-23H. The quantitative estimate of drug-likeness (QED) is 0.194. The van der Waals surface area contributed by atoms with Crippen LogP contribution in [0.3, 0.4) is 0 Å². The third-order valence-electron chi connectivity index (χ3n) is 9.57. The predicted molar refractivity (Wildman–Crippen MR) is 198 cm³/mol. The van der Waals surface area contributed by atoms with Crippen LogP contribution >= 0.6 is 11.3 Å². The predicted octanol–water partition coefficient (Wildman–Crippen LogP) is 13.0. The molecule has 0 saturated carbocycles. The van der Waals surface area contributed by atoms with Gasteiger partial charge in [0, 0.05) is 54.6 Å². The van der Waals surface area contributed by atoms with Crippen molar-refractivity contribution in [3.8, 4) is 32.8 Å². The molecule has 0 saturated heterocycles. The fourth-order valence-electron chi connectivity index (χ4n) is 7.39. The SMILES string of the molecule is c1ccc2c(c1)oc1c(-c3nc4c(-c5cccc6c5oc5ccccc56)ccc(-c5cccc6c5oc5ccccc56)c4s3)cccc12. The lowest BCUT2D eigenvalue weighted by molar-refractivity contribution is 0.669. The van der Waals surface area contributed by atoms with Crippen LogP contribution in [0.25, 0.3) is 109 Å². The van der Waals surface area contributed by atoms with Gasteiger partial charge in [0.15, 0.2) is 0 Å². The van der Waals surface area contributed by atoms with Gasteiger partial charge in [-0.1, -0.05) is 115 Å². The Kier molecular flexibility index (Phi) is 5.23. The molecule has 0 aliphatic heterocycles. The van der Waals surface area contributed by atoms with Crippen molar-refractivity contribution in [3.05, 3.63) is 140 Å². The van der Waals surface area contributed by atoms with E-state index in [1.807, 2.05) is 36.4 Å². The number of nitrogens with zero attached hydrogens (tertiary/aromatic N) is 1. The average Bonchev–Trinajstić information content (AvgIpc) is 3.92. The highest BCUT2D eigenvalue weighted by Crippen LogP contribution is 2.47. The first-order valence-corrected chi connectivity index (χ1v) is 16.8. The van der Waals surface area contributed by atoms with Crippen LogP contribution in [0.5, 0.6) is 0 Å². The lowest BCUT2D eigenvalue weighted by Crippen LogP contribution is -1.86. The molecule has 0 spiro atoms. The van der Waals surface area contributed by atoms with E-state index in [4.69, 9.17) is 18.2 Å². The molecule has 0 amide bonds. The Bertz CT molecular complexity index is 2930. The normalized spacial score (nSPS) is 12.2. The van der Waals surface area contributed by atoms with Gasteiger partial charge in [0.05, 0.1) is 15.8 Å². The fraction of sp³-hybridized carbons (Fsp3) is 0. The number of hydrogen-bond donors (Lipinski definition) is 0. The fourth-order valence-corrected chi connectivity index (χ4v) is 8.53. The number of rotatable bonds is 3. The van der Waals surface area contributed by atoms with Crippen molar-refractivity contribution in [1.82, 2.24) is 4.98 Å². The average molecular weight is 634 g/mol. The lowest BCUT2D eigenvalue weighted by atomic mass is 9.96. The highest BCUT2D eigenvalue weighted by Gasteiger charge is 2.23. The van der Waals surface area contributed by atoms with Crippen molar-refractivity contribution in [1.29, 1.82) is 0 Å². The van der Waals surface area contributed by atoms with E-state index in [0.29, 0.717) is 0 Å². The van der Waals surface area contributed by atoms with E-state index in [9.17, 15) is 0 Å². The molecule has 11 aromatic rings. The Morgan fingerprint density at radius 3 is 1.31 bits per heavy atom. The Hall–Kier alpha value is -6.17. The molecule has 0 aliphatic carbocycles. The van der Waals surface area contributed by atoms with Gasteiger partial charge in [-0.3, -0.25) is 0 Å². The molecule has 7 aromatic carbocycles. The second kappa shape index (κ2) is 9.67. The first kappa shape index (κ1) is 26.0. The minimum Gasteiger partial charge on any atom is -0.455 e. The molecule has 4 heterocycles. The number of fused-ring (bicyclic) bond motifs is 10. The smallest absolute Gasteiger partial charge is 0.145 e. The highest BCUT2D eigenvalue weighted by molar-refractivity contribution is 7.22. The van der Waals surface area contributed by atoms with Crippen LogP contribution in [-0.4, -0.2) is 4.98 Å². The van der Waals surface area contributed by atoms with Crippen LogP contribution in [0, 0.1) is 0 Å². The maximum absolute atomic E-state index is 6.53. The van der Waals surface area contributed by atoms with Crippen molar-refractivity contribution in [2.45, 2.75) is 0 Å². The Labute approximate surface area is 277 Å². The summed E-state index contributed by atoms with van der Waals surface area (Å²) in [5.74, 6) is 0. The van der Waals surface area contributed by atoms with Gasteiger partial charge in [-0.15, -0.1) is 11.3 Å². The minimum atomic E-state index is 0.847. The summed E-state index contributed by atoms with van der Waals surface area (Å²) in [4.78, 5) is 5.44. The number of thiazole rings is 1. The maximum atomic E-state index is 6.53. The molecular formula is C43H23NO3S. The van der Waals surface area contributed by atoms with Gasteiger partial charge in [0.25, 0.3) is 0 Å². The first-order valence-electron chi connectivity index (χ1n) is 16.0. The third kappa shape index (κ3) is 3.56. The van der Waals surface area contributed by atoms with E-state index >= 15 is 0 Å². The Morgan fingerprint density at radius 2 is 0.771 bits per heavy atom. The molecule has 0 radical (unpaired) electrons. The van der Waals surface area contributed by atoms with Crippen LogP contribution in [0.2, 0.25) is 0 Å². The molecule has 48 heavy (non-hydrogen) atoms. The zero-order valence-corrected chi connectivity index (χ0v) is 26.2. The van der Waals surface area contributed by atoms with Crippen LogP contribution in [-0.2, 0) is 0 Å². The summed E-state index contributed by atoms with van der Waals surface area (Å²) in [6.07, 6.45) is 0. The Morgan fingerprint density at radius 1 is 0.354 bits per heavy atom. The maximum Gasteiger partial charge on any atom is 0.145 e. The van der Waals surface area contributed by atoms with Crippen molar-refractivity contribution in [2.75, 3.05) is 0 Å². The summed E-state index contributed by atoms with van der Waals surface area (Å²) in [6.45, 7) is 0. The summed E-state index contributed by atoms with van der Waals surface area (Å²) in [5.41, 5.74) is 11.3. The zero-order valence-electron chi connectivity index (χ0n) is 25.4. The highest BCUT2D eigenvalue weighted by atomic mass is 32.1. The summed E-state index contributed by atoms with van der Waals surface area (Å²) in [6, 6.07) is 48.2. The topological polar surface area (TPSA) is 52.3 Å². The van der Waals surface area contributed by atoms with Gasteiger partial charge in [-0.05, 0) is 24.3 Å². The van der Waals surface area contributed by atoms with Crippen LogP contribution in [0.15, 0.2) is 153 Å². The molecule has 11 rings (SSSR count). The van der Waals surface area contributed by atoms with Gasteiger partial charge in [0.1, 0.15) is 38.5 Å². The molecule has 0 unspecified atom stereocenters. The molecule has 4 aromatic heterocycles. The van der Waals surface area contributed by atoms with E-state index in [-0.39, 0.29) is 0 Å². The molecule has 0 N–H and O–H groups in total. The van der Waals surface area contributed by atoms with E-state index in [2.05, 4.69) is 103 Å². The number of furan rings is 3. The van der Waals surface area contributed by atoms with Crippen molar-refractivity contribution in [3.63, 3.8) is 0 Å². The molecule has 0 fully saturated rings. The van der Waals surface area contributed by atoms with E-state index < -0.39 is 0 Å². The second-order valence-corrected chi connectivity index (χ2v) is 13.2. The van der Waals surface area contributed by atoms with E-state index in [1.165, 1.54) is 0 Å². The van der Waals surface area contributed by atoms with Gasteiger partial charge < -0.3 is 13.3 Å². The van der Waals surface area contributed by atoms with Gasteiger partial charge in [-0.25, -0.2) is 4.98 Å². The largest absolute Gasteiger partial charge is 0.455 e. The van der Waals surface area contributed by atoms with Crippen molar-refractivity contribution < 1.29 is 13.3 Å². The number of aromatic nitrogens is 1. The van der Waals surface area contributed by atoms with Crippen LogP contribution in [0.1, 0.15) is 0 Å². The molecule has 0 bridgehead atoms. The number of benzene rings is 7. The van der Waals surface area contributed by atoms with Gasteiger partial charge >= 0.3 is 0 Å². The minimum absolute atomic E-state index is 0.847. The van der Waals surface area contributed by atoms with Crippen LogP contribution < -0.4 is 0 Å². The molecular weight excluding hydrogens is 611 g/mol.